The Labute approximate surface area is 113 Å². The Morgan fingerprint density at radius 1 is 1.32 bits per heavy atom. The predicted octanol–water partition coefficient (Wildman–Crippen LogP) is 1.73. The Hall–Kier alpha value is -1.91. The number of pyridine rings is 1. The van der Waals surface area contributed by atoms with Crippen LogP contribution in [-0.4, -0.2) is 39.5 Å². The van der Waals surface area contributed by atoms with Gasteiger partial charge in [-0.05, 0) is 38.0 Å². The highest BCUT2D eigenvalue weighted by molar-refractivity contribution is 5.78. The minimum Gasteiger partial charge on any atom is -0.481 e. The molecule has 104 valence electrons. The molecule has 1 aromatic rings. The number of aryl methyl sites for hydroxylation is 1. The highest BCUT2D eigenvalue weighted by atomic mass is 16.4. The molecule has 0 bridgehead atoms. The van der Waals surface area contributed by atoms with Gasteiger partial charge in [0.2, 0.25) is 5.91 Å². The van der Waals surface area contributed by atoms with E-state index in [2.05, 4.69) is 4.98 Å². The van der Waals surface area contributed by atoms with Gasteiger partial charge in [0.25, 0.3) is 0 Å². The zero-order valence-electron chi connectivity index (χ0n) is 11.6. The zero-order valence-corrected chi connectivity index (χ0v) is 11.6. The summed E-state index contributed by atoms with van der Waals surface area (Å²) in [5.74, 6) is -0.957. The van der Waals surface area contributed by atoms with E-state index in [1.807, 2.05) is 12.1 Å². The Morgan fingerprint density at radius 3 is 2.42 bits per heavy atom. The SMILES string of the molecule is CN(C(=O)CCc1ccncc1)C(C)(C)CC(=O)O. The average molecular weight is 264 g/mol. The van der Waals surface area contributed by atoms with Crippen molar-refractivity contribution in [2.24, 2.45) is 0 Å². The summed E-state index contributed by atoms with van der Waals surface area (Å²) in [6.07, 6.45) is 4.32. The summed E-state index contributed by atoms with van der Waals surface area (Å²) in [6, 6.07) is 3.74. The monoisotopic (exact) mass is 264 g/mol. The second-order valence-corrected chi connectivity index (χ2v) is 5.19. The first-order valence-electron chi connectivity index (χ1n) is 6.20. The second-order valence-electron chi connectivity index (χ2n) is 5.19. The van der Waals surface area contributed by atoms with Crippen LogP contribution in [0.25, 0.3) is 0 Å². The maximum atomic E-state index is 12.1. The van der Waals surface area contributed by atoms with Gasteiger partial charge in [-0.2, -0.15) is 0 Å². The molecular weight excluding hydrogens is 244 g/mol. The standard InChI is InChI=1S/C14H20N2O3/c1-14(2,10-13(18)19)16(3)12(17)5-4-11-6-8-15-9-7-11/h6-9H,4-5,10H2,1-3H3,(H,18,19). The van der Waals surface area contributed by atoms with Gasteiger partial charge in [0.05, 0.1) is 6.42 Å². The van der Waals surface area contributed by atoms with Crippen molar-refractivity contribution in [2.75, 3.05) is 7.05 Å². The van der Waals surface area contributed by atoms with Gasteiger partial charge in [-0.1, -0.05) is 0 Å². The summed E-state index contributed by atoms with van der Waals surface area (Å²) in [4.78, 5) is 28.3. The van der Waals surface area contributed by atoms with Crippen molar-refractivity contribution in [2.45, 2.75) is 38.6 Å². The quantitative estimate of drug-likeness (QED) is 0.849. The number of amides is 1. The Kier molecular flexibility index (Phi) is 5.03. The van der Waals surface area contributed by atoms with Crippen molar-refractivity contribution in [3.05, 3.63) is 30.1 Å². The predicted molar refractivity (Wildman–Crippen MR) is 71.7 cm³/mol. The maximum absolute atomic E-state index is 12.1. The fourth-order valence-corrected chi connectivity index (χ4v) is 1.79. The van der Waals surface area contributed by atoms with Gasteiger partial charge in [-0.25, -0.2) is 0 Å². The first kappa shape index (κ1) is 15.1. The third kappa shape index (κ3) is 4.69. The van der Waals surface area contributed by atoms with Crippen molar-refractivity contribution in [1.82, 2.24) is 9.88 Å². The molecule has 1 aromatic heterocycles. The van der Waals surface area contributed by atoms with Crippen LogP contribution in [0.4, 0.5) is 0 Å². The molecule has 5 nitrogen and oxygen atoms in total. The zero-order chi connectivity index (χ0) is 14.5. The molecule has 0 unspecified atom stereocenters. The van der Waals surface area contributed by atoms with Crippen molar-refractivity contribution in [3.63, 3.8) is 0 Å². The van der Waals surface area contributed by atoms with Crippen LogP contribution in [-0.2, 0) is 16.0 Å². The van der Waals surface area contributed by atoms with Crippen molar-refractivity contribution < 1.29 is 14.7 Å². The molecule has 0 atom stereocenters. The molecule has 0 aliphatic carbocycles. The lowest BCUT2D eigenvalue weighted by atomic mass is 9.98. The van der Waals surface area contributed by atoms with Crippen molar-refractivity contribution in [3.8, 4) is 0 Å². The number of hydrogen-bond acceptors (Lipinski definition) is 3. The lowest BCUT2D eigenvalue weighted by Gasteiger charge is -2.34. The molecular formula is C14H20N2O3. The third-order valence-electron chi connectivity index (χ3n) is 3.24. The van der Waals surface area contributed by atoms with Gasteiger partial charge in [0, 0.05) is 31.4 Å². The molecule has 0 fully saturated rings. The van der Waals surface area contributed by atoms with E-state index in [9.17, 15) is 9.59 Å². The minimum atomic E-state index is -0.904. The molecule has 0 saturated carbocycles. The minimum absolute atomic E-state index is 0.0527. The van der Waals surface area contributed by atoms with Crippen LogP contribution in [0.3, 0.4) is 0 Å². The molecule has 0 aromatic carbocycles. The van der Waals surface area contributed by atoms with Crippen LogP contribution in [0.2, 0.25) is 0 Å². The van der Waals surface area contributed by atoms with E-state index in [-0.39, 0.29) is 12.3 Å². The van der Waals surface area contributed by atoms with Crippen LogP contribution in [0, 0.1) is 0 Å². The number of carboxylic acid groups (broad SMARTS) is 1. The number of aromatic nitrogens is 1. The van der Waals surface area contributed by atoms with Gasteiger partial charge >= 0.3 is 5.97 Å². The summed E-state index contributed by atoms with van der Waals surface area (Å²) < 4.78 is 0. The van der Waals surface area contributed by atoms with E-state index in [0.29, 0.717) is 12.8 Å². The molecule has 0 aliphatic heterocycles. The van der Waals surface area contributed by atoms with E-state index in [1.54, 1.807) is 33.3 Å². The molecule has 1 heterocycles. The van der Waals surface area contributed by atoms with Crippen molar-refractivity contribution in [1.29, 1.82) is 0 Å². The number of rotatable bonds is 6. The number of hydrogen-bond donors (Lipinski definition) is 1. The molecule has 0 aliphatic rings. The largest absolute Gasteiger partial charge is 0.481 e. The lowest BCUT2D eigenvalue weighted by Crippen LogP contribution is -2.46. The summed E-state index contributed by atoms with van der Waals surface area (Å²) in [5.41, 5.74) is 0.369. The van der Waals surface area contributed by atoms with Crippen LogP contribution < -0.4 is 0 Å². The Morgan fingerprint density at radius 2 is 1.89 bits per heavy atom. The first-order chi connectivity index (χ1) is 8.83. The van der Waals surface area contributed by atoms with Gasteiger partial charge in [-0.3, -0.25) is 14.6 Å². The summed E-state index contributed by atoms with van der Waals surface area (Å²) in [6.45, 7) is 3.51. The molecule has 0 spiro atoms. The van der Waals surface area contributed by atoms with Crippen LogP contribution in [0.1, 0.15) is 32.3 Å². The molecule has 1 N–H and O–H groups in total. The van der Waals surface area contributed by atoms with Gasteiger partial charge < -0.3 is 10.0 Å². The van der Waals surface area contributed by atoms with E-state index in [0.717, 1.165) is 5.56 Å². The topological polar surface area (TPSA) is 70.5 Å². The number of carboxylic acids is 1. The van der Waals surface area contributed by atoms with Gasteiger partial charge in [0.1, 0.15) is 0 Å². The lowest BCUT2D eigenvalue weighted by molar-refractivity contribution is -0.143. The van der Waals surface area contributed by atoms with E-state index >= 15 is 0 Å². The average Bonchev–Trinajstić information content (AvgIpc) is 2.34. The van der Waals surface area contributed by atoms with Gasteiger partial charge in [-0.15, -0.1) is 0 Å². The highest BCUT2D eigenvalue weighted by Crippen LogP contribution is 2.18. The van der Waals surface area contributed by atoms with Crippen LogP contribution in [0.15, 0.2) is 24.5 Å². The molecule has 1 rings (SSSR count). The number of aliphatic carboxylic acids is 1. The summed E-state index contributed by atoms with van der Waals surface area (Å²) >= 11 is 0. The Bertz CT molecular complexity index is 443. The van der Waals surface area contributed by atoms with E-state index in [1.165, 1.54) is 4.90 Å². The smallest absolute Gasteiger partial charge is 0.305 e. The normalized spacial score (nSPS) is 11.1. The summed E-state index contributed by atoms with van der Waals surface area (Å²) in [7, 11) is 1.65. The molecule has 0 radical (unpaired) electrons. The van der Waals surface area contributed by atoms with Crippen molar-refractivity contribution >= 4 is 11.9 Å². The van der Waals surface area contributed by atoms with Crippen LogP contribution >= 0.6 is 0 Å². The Balaban J connectivity index is 2.55. The number of carbonyl (C=O) groups is 2. The fourth-order valence-electron chi connectivity index (χ4n) is 1.79. The second kappa shape index (κ2) is 6.31. The molecule has 5 heteroatoms. The van der Waals surface area contributed by atoms with E-state index < -0.39 is 11.5 Å². The maximum Gasteiger partial charge on any atom is 0.305 e. The first-order valence-corrected chi connectivity index (χ1v) is 6.20. The molecule has 1 amide bonds. The number of carbonyl (C=O) groups excluding carboxylic acids is 1. The van der Waals surface area contributed by atoms with E-state index in [4.69, 9.17) is 5.11 Å². The molecule has 0 saturated heterocycles. The number of nitrogens with zero attached hydrogens (tertiary/aromatic N) is 2. The fraction of sp³-hybridized carbons (Fsp3) is 0.500. The molecule has 19 heavy (non-hydrogen) atoms. The third-order valence-corrected chi connectivity index (χ3v) is 3.24. The highest BCUT2D eigenvalue weighted by Gasteiger charge is 2.29. The summed E-state index contributed by atoms with van der Waals surface area (Å²) in [5, 5.41) is 8.84. The van der Waals surface area contributed by atoms with Crippen LogP contribution in [0.5, 0.6) is 0 Å². The van der Waals surface area contributed by atoms with Gasteiger partial charge in [0.15, 0.2) is 0 Å².